The van der Waals surface area contributed by atoms with E-state index >= 15 is 0 Å². The minimum absolute atomic E-state index is 0.896. The molecule has 0 unspecified atom stereocenters. The fourth-order valence-electron chi connectivity index (χ4n) is 9.85. The number of nitrogens with zero attached hydrogens (tertiary/aromatic N) is 3. The van der Waals surface area contributed by atoms with Gasteiger partial charge in [-0.05, 0) is 78.4 Å². The van der Waals surface area contributed by atoms with Crippen LogP contribution in [0.1, 0.15) is 0 Å². The molecule has 0 radical (unpaired) electrons. The largest absolute Gasteiger partial charge is 0.454 e. The lowest BCUT2D eigenvalue weighted by atomic mass is 10.0. The summed E-state index contributed by atoms with van der Waals surface area (Å²) in [6.45, 7) is 0. The smallest absolute Gasteiger partial charge is 0.159 e. The molecule has 13 aromatic rings. The highest BCUT2D eigenvalue weighted by atomic mass is 16.3. The Kier molecular flexibility index (Phi) is 6.41. The predicted octanol–water partition coefficient (Wildman–Crippen LogP) is 14.5. The summed E-state index contributed by atoms with van der Waals surface area (Å²) in [4.78, 5) is 0. The molecule has 58 heavy (non-hydrogen) atoms. The van der Waals surface area contributed by atoms with Crippen LogP contribution in [0.15, 0.2) is 205 Å². The summed E-state index contributed by atoms with van der Waals surface area (Å²) in [6, 6.07) is 72.4. The maximum atomic E-state index is 6.57. The van der Waals surface area contributed by atoms with Crippen molar-refractivity contribution < 1.29 is 4.42 Å². The normalized spacial score (nSPS) is 12.1. The van der Waals surface area contributed by atoms with Crippen molar-refractivity contribution in [3.05, 3.63) is 200 Å². The molecule has 0 aliphatic carbocycles. The van der Waals surface area contributed by atoms with Crippen molar-refractivity contribution in [1.29, 1.82) is 0 Å². The molecule has 0 N–H and O–H groups in total. The number of fused-ring (bicyclic) bond motifs is 13. The summed E-state index contributed by atoms with van der Waals surface area (Å²) in [5.74, 6) is 0. The molecule has 0 saturated carbocycles. The molecular formula is C54H33N3O. The van der Waals surface area contributed by atoms with Gasteiger partial charge in [-0.15, -0.1) is 0 Å². The first-order valence-electron chi connectivity index (χ1n) is 19.9. The van der Waals surface area contributed by atoms with Gasteiger partial charge in [-0.1, -0.05) is 127 Å². The first-order chi connectivity index (χ1) is 28.8. The third kappa shape index (κ3) is 4.23. The van der Waals surface area contributed by atoms with E-state index in [0.29, 0.717) is 0 Å². The van der Waals surface area contributed by atoms with Crippen LogP contribution in [0.2, 0.25) is 0 Å². The maximum absolute atomic E-state index is 6.57. The lowest BCUT2D eigenvalue weighted by Crippen LogP contribution is -1.97. The Labute approximate surface area is 332 Å². The van der Waals surface area contributed by atoms with Crippen LogP contribution >= 0.6 is 0 Å². The summed E-state index contributed by atoms with van der Waals surface area (Å²) >= 11 is 0. The molecule has 0 atom stereocenters. The van der Waals surface area contributed by atoms with Crippen molar-refractivity contribution in [3.63, 3.8) is 0 Å². The second-order valence-electron chi connectivity index (χ2n) is 15.2. The van der Waals surface area contributed by atoms with E-state index in [2.05, 4.69) is 208 Å². The molecule has 13 rings (SSSR count). The number of rotatable bonds is 4. The Morgan fingerprint density at radius 2 is 0.828 bits per heavy atom. The third-order valence-electron chi connectivity index (χ3n) is 12.2. The minimum atomic E-state index is 0.896. The van der Waals surface area contributed by atoms with Crippen molar-refractivity contribution in [3.8, 4) is 28.2 Å². The molecule has 0 bridgehead atoms. The highest BCUT2D eigenvalue weighted by Crippen LogP contribution is 2.45. The summed E-state index contributed by atoms with van der Waals surface area (Å²) in [5, 5.41) is 9.71. The molecule has 0 amide bonds. The quantitative estimate of drug-likeness (QED) is 0.177. The fourth-order valence-corrected chi connectivity index (χ4v) is 9.85. The van der Waals surface area contributed by atoms with E-state index in [9.17, 15) is 0 Å². The minimum Gasteiger partial charge on any atom is -0.454 e. The van der Waals surface area contributed by atoms with Crippen LogP contribution in [0, 0.1) is 0 Å². The number of benzene rings is 9. The zero-order valence-corrected chi connectivity index (χ0v) is 31.3. The summed E-state index contributed by atoms with van der Waals surface area (Å²) in [5.41, 5.74) is 14.6. The fraction of sp³-hybridized carbons (Fsp3) is 0. The second kappa shape index (κ2) is 11.8. The van der Waals surface area contributed by atoms with Gasteiger partial charge in [-0.2, -0.15) is 0 Å². The molecule has 4 heteroatoms. The van der Waals surface area contributed by atoms with E-state index in [1.807, 2.05) is 6.07 Å². The zero-order valence-electron chi connectivity index (χ0n) is 31.3. The molecular weight excluding hydrogens is 707 g/mol. The first-order valence-corrected chi connectivity index (χ1v) is 19.9. The Hall–Kier alpha value is -7.82. The van der Waals surface area contributed by atoms with E-state index in [1.54, 1.807) is 0 Å². The highest BCUT2D eigenvalue weighted by molar-refractivity contribution is 6.29. The van der Waals surface area contributed by atoms with E-state index in [0.717, 1.165) is 50.0 Å². The van der Waals surface area contributed by atoms with E-state index in [4.69, 9.17) is 4.42 Å². The van der Waals surface area contributed by atoms with Crippen LogP contribution in [-0.2, 0) is 0 Å². The monoisotopic (exact) mass is 739 g/mol. The van der Waals surface area contributed by atoms with Gasteiger partial charge in [0.1, 0.15) is 5.58 Å². The molecule has 9 aromatic carbocycles. The first kappa shape index (κ1) is 31.4. The number of para-hydroxylation sites is 7. The molecule has 4 heterocycles. The van der Waals surface area contributed by atoms with Crippen LogP contribution in [0.25, 0.3) is 116 Å². The van der Waals surface area contributed by atoms with Crippen LogP contribution in [0.4, 0.5) is 0 Å². The van der Waals surface area contributed by atoms with E-state index < -0.39 is 0 Å². The Morgan fingerprint density at radius 3 is 1.60 bits per heavy atom. The van der Waals surface area contributed by atoms with Crippen molar-refractivity contribution in [1.82, 2.24) is 13.7 Å². The predicted molar refractivity (Wildman–Crippen MR) is 242 cm³/mol. The molecule has 0 saturated heterocycles. The molecule has 0 fully saturated rings. The van der Waals surface area contributed by atoms with Crippen LogP contribution < -0.4 is 0 Å². The van der Waals surface area contributed by atoms with Gasteiger partial charge in [-0.3, -0.25) is 0 Å². The maximum Gasteiger partial charge on any atom is 0.159 e. The highest BCUT2D eigenvalue weighted by Gasteiger charge is 2.23. The zero-order chi connectivity index (χ0) is 37.9. The summed E-state index contributed by atoms with van der Waals surface area (Å²) < 4.78 is 13.8. The van der Waals surface area contributed by atoms with E-state index in [-0.39, 0.29) is 0 Å². The van der Waals surface area contributed by atoms with Gasteiger partial charge in [0.05, 0.1) is 44.5 Å². The van der Waals surface area contributed by atoms with Crippen molar-refractivity contribution in [2.24, 2.45) is 0 Å². The van der Waals surface area contributed by atoms with Gasteiger partial charge >= 0.3 is 0 Å². The van der Waals surface area contributed by atoms with Gasteiger partial charge in [0, 0.05) is 54.3 Å². The van der Waals surface area contributed by atoms with E-state index in [1.165, 1.54) is 65.5 Å². The van der Waals surface area contributed by atoms with Gasteiger partial charge in [0.25, 0.3) is 0 Å². The standard InChI is InChI=1S/C54H33N3O/c1-2-15-35(16-3-1)55-45-25-11-6-20-40(45)52-48(55)31-32-49-53(52)41-21-7-12-26-46(41)56(49)43-23-9-4-17-36(43)34-29-30-47-42(33-34)37-18-5-10-24-44(37)57(47)50-27-14-22-39-38-19-8-13-28-51(38)58-54(39)50/h1-33H. The lowest BCUT2D eigenvalue weighted by molar-refractivity contribution is 0.666. The molecule has 4 aromatic heterocycles. The van der Waals surface area contributed by atoms with Crippen LogP contribution in [-0.4, -0.2) is 13.7 Å². The Balaban J connectivity index is 1.06. The van der Waals surface area contributed by atoms with Crippen LogP contribution in [0.3, 0.4) is 0 Å². The SMILES string of the molecule is c1ccc(-n2c3ccccc3c3c4c5ccccc5n(-c5ccccc5-c5ccc6c(c5)c5ccccc5n6-c5cccc6c5oc5ccccc56)c4ccc32)cc1. The number of hydrogen-bond donors (Lipinski definition) is 0. The van der Waals surface area contributed by atoms with Gasteiger partial charge in [0.2, 0.25) is 0 Å². The van der Waals surface area contributed by atoms with Crippen molar-refractivity contribution in [2.75, 3.05) is 0 Å². The Bertz CT molecular complexity index is 3800. The molecule has 4 nitrogen and oxygen atoms in total. The van der Waals surface area contributed by atoms with Gasteiger partial charge in [-0.25, -0.2) is 0 Å². The van der Waals surface area contributed by atoms with Gasteiger partial charge in [0.15, 0.2) is 5.58 Å². The van der Waals surface area contributed by atoms with Gasteiger partial charge < -0.3 is 18.1 Å². The number of furan rings is 1. The summed E-state index contributed by atoms with van der Waals surface area (Å²) in [7, 11) is 0. The average Bonchev–Trinajstić information content (AvgIpc) is 4.03. The second-order valence-corrected chi connectivity index (χ2v) is 15.2. The lowest BCUT2D eigenvalue weighted by Gasteiger charge is -2.15. The summed E-state index contributed by atoms with van der Waals surface area (Å²) in [6.07, 6.45) is 0. The Morgan fingerprint density at radius 1 is 0.310 bits per heavy atom. The van der Waals surface area contributed by atoms with Crippen molar-refractivity contribution in [2.45, 2.75) is 0 Å². The molecule has 0 spiro atoms. The van der Waals surface area contributed by atoms with Crippen LogP contribution in [0.5, 0.6) is 0 Å². The molecule has 270 valence electrons. The third-order valence-corrected chi connectivity index (χ3v) is 12.2. The number of aromatic nitrogens is 3. The topological polar surface area (TPSA) is 27.9 Å². The molecule has 0 aliphatic rings. The van der Waals surface area contributed by atoms with Crippen molar-refractivity contribution >= 4 is 87.4 Å². The average molecular weight is 740 g/mol. The number of hydrogen-bond acceptors (Lipinski definition) is 1. The molecule has 0 aliphatic heterocycles.